The second-order valence-electron chi connectivity index (χ2n) is 8.04. The number of benzene rings is 1. The summed E-state index contributed by atoms with van der Waals surface area (Å²) in [6.45, 7) is 4.07. The first kappa shape index (κ1) is 22.1. The average Bonchev–Trinajstić information content (AvgIpc) is 3.51. The van der Waals surface area contributed by atoms with Gasteiger partial charge in [-0.2, -0.15) is 4.99 Å². The minimum atomic E-state index is -0.481. The Morgan fingerprint density at radius 3 is 2.56 bits per heavy atom. The number of nitrogens with zero attached hydrogens (tertiary/aromatic N) is 3. The normalized spacial score (nSPS) is 18.1. The molecule has 168 valence electrons. The van der Waals surface area contributed by atoms with Gasteiger partial charge in [-0.15, -0.1) is 0 Å². The second kappa shape index (κ2) is 9.60. The molecule has 2 aliphatic heterocycles. The molecule has 0 bridgehead atoms. The van der Waals surface area contributed by atoms with E-state index < -0.39 is 5.25 Å². The van der Waals surface area contributed by atoms with E-state index in [1.807, 2.05) is 19.1 Å². The Morgan fingerprint density at radius 1 is 1.19 bits per heavy atom. The van der Waals surface area contributed by atoms with Crippen molar-refractivity contribution in [3.05, 3.63) is 53.5 Å². The molecule has 2 aliphatic rings. The summed E-state index contributed by atoms with van der Waals surface area (Å²) >= 11 is 1.37. The molecule has 2 aromatic rings. The van der Waals surface area contributed by atoms with Crippen molar-refractivity contribution in [3.63, 3.8) is 0 Å². The first-order chi connectivity index (χ1) is 15.4. The van der Waals surface area contributed by atoms with Crippen LogP contribution < -0.4 is 5.32 Å². The van der Waals surface area contributed by atoms with Crippen molar-refractivity contribution in [3.8, 4) is 0 Å². The van der Waals surface area contributed by atoms with Gasteiger partial charge in [0.25, 0.3) is 11.8 Å². The lowest BCUT2D eigenvalue weighted by Crippen LogP contribution is -2.26. The van der Waals surface area contributed by atoms with E-state index in [1.165, 1.54) is 11.8 Å². The average molecular weight is 455 g/mol. The Labute approximate surface area is 191 Å². The summed E-state index contributed by atoms with van der Waals surface area (Å²) in [7, 11) is 1.71. The summed E-state index contributed by atoms with van der Waals surface area (Å²) in [6.07, 6.45) is 2.28. The van der Waals surface area contributed by atoms with Gasteiger partial charge in [0.15, 0.2) is 5.17 Å². The van der Waals surface area contributed by atoms with Crippen molar-refractivity contribution in [1.82, 2.24) is 9.80 Å². The largest absolute Gasteiger partial charge is 0.464 e. The van der Waals surface area contributed by atoms with Crippen LogP contribution in [0.15, 0.2) is 45.8 Å². The lowest BCUT2D eigenvalue weighted by molar-refractivity contribution is -0.121. The molecule has 1 atom stereocenters. The number of nitrogens with one attached hydrogen (secondary N) is 1. The van der Waals surface area contributed by atoms with Gasteiger partial charge in [-0.05, 0) is 56.2 Å². The van der Waals surface area contributed by atoms with Crippen LogP contribution in [-0.4, -0.2) is 58.1 Å². The van der Waals surface area contributed by atoms with Crippen molar-refractivity contribution in [1.29, 1.82) is 0 Å². The van der Waals surface area contributed by atoms with E-state index >= 15 is 0 Å². The van der Waals surface area contributed by atoms with Crippen LogP contribution in [0.1, 0.15) is 41.1 Å². The Morgan fingerprint density at radius 2 is 1.91 bits per heavy atom. The number of likely N-dealkylation sites (tertiary alicyclic amines) is 1. The molecular weight excluding hydrogens is 428 g/mol. The lowest BCUT2D eigenvalue weighted by atomic mass is 10.1. The lowest BCUT2D eigenvalue weighted by Gasteiger charge is -2.16. The number of amides is 3. The number of rotatable bonds is 6. The highest BCUT2D eigenvalue weighted by Gasteiger charge is 2.33. The number of hydrogen-bond donors (Lipinski definition) is 1. The molecule has 0 spiro atoms. The monoisotopic (exact) mass is 454 g/mol. The van der Waals surface area contributed by atoms with Crippen LogP contribution in [0.4, 0.5) is 5.69 Å². The van der Waals surface area contributed by atoms with E-state index in [9.17, 15) is 14.4 Å². The number of thioether (sulfide) groups is 1. The molecule has 0 radical (unpaired) electrons. The third-order valence-corrected chi connectivity index (χ3v) is 6.64. The summed E-state index contributed by atoms with van der Waals surface area (Å²) in [6, 6.07) is 10.4. The Balaban J connectivity index is 1.28. The van der Waals surface area contributed by atoms with E-state index in [2.05, 4.69) is 15.2 Å². The molecule has 3 amide bonds. The number of furan rings is 1. The van der Waals surface area contributed by atoms with Crippen LogP contribution in [-0.2, 0) is 16.1 Å². The van der Waals surface area contributed by atoms with Gasteiger partial charge in [-0.1, -0.05) is 11.8 Å². The van der Waals surface area contributed by atoms with Crippen LogP contribution in [0.3, 0.4) is 0 Å². The van der Waals surface area contributed by atoms with Crippen LogP contribution in [0, 0.1) is 6.92 Å². The summed E-state index contributed by atoms with van der Waals surface area (Å²) in [5.74, 6) is 0.883. The number of carbonyl (C=O) groups excluding carboxylic acids is 3. The summed E-state index contributed by atoms with van der Waals surface area (Å²) < 4.78 is 5.52. The molecule has 0 saturated carbocycles. The van der Waals surface area contributed by atoms with Crippen molar-refractivity contribution in [2.45, 2.75) is 38.0 Å². The minimum absolute atomic E-state index is 0.0658. The quantitative estimate of drug-likeness (QED) is 0.720. The molecule has 1 saturated heterocycles. The maximum atomic E-state index is 12.6. The molecule has 1 aromatic carbocycles. The van der Waals surface area contributed by atoms with Crippen LogP contribution in [0.2, 0.25) is 0 Å². The van der Waals surface area contributed by atoms with Gasteiger partial charge in [0.05, 0.1) is 6.54 Å². The predicted octanol–water partition coefficient (Wildman–Crippen LogP) is 3.28. The van der Waals surface area contributed by atoms with Crippen molar-refractivity contribution in [2.24, 2.45) is 4.99 Å². The fourth-order valence-electron chi connectivity index (χ4n) is 3.73. The molecule has 3 heterocycles. The highest BCUT2D eigenvalue weighted by molar-refractivity contribution is 8.15. The van der Waals surface area contributed by atoms with Crippen LogP contribution >= 0.6 is 11.8 Å². The third kappa shape index (κ3) is 5.21. The van der Waals surface area contributed by atoms with Gasteiger partial charge in [0.1, 0.15) is 16.8 Å². The van der Waals surface area contributed by atoms with E-state index in [0.717, 1.165) is 42.6 Å². The second-order valence-corrected chi connectivity index (χ2v) is 9.21. The standard InChI is InChI=1S/C23H26N4O4S/c1-15-5-10-18(31-15)14-26(2)22(30)16-6-8-17(9-7-16)24-20(28)13-19-21(29)25-23(32-19)27-11-3-4-12-27/h5-10,19H,3-4,11-14H2,1-2H3,(H,24,28)/t19-/m0/s1. The number of amidine groups is 1. The first-order valence-electron chi connectivity index (χ1n) is 10.6. The number of anilines is 1. The highest BCUT2D eigenvalue weighted by Crippen LogP contribution is 2.29. The van der Waals surface area contributed by atoms with Gasteiger partial charge in [0, 0.05) is 37.8 Å². The molecular formula is C23H26N4O4S. The third-order valence-electron chi connectivity index (χ3n) is 5.43. The van der Waals surface area contributed by atoms with Gasteiger partial charge in [0.2, 0.25) is 5.91 Å². The van der Waals surface area contributed by atoms with E-state index in [4.69, 9.17) is 4.42 Å². The molecule has 8 nitrogen and oxygen atoms in total. The van der Waals surface area contributed by atoms with Crippen molar-refractivity contribution >= 4 is 40.3 Å². The number of aliphatic imine (C=N–C) groups is 1. The molecule has 0 unspecified atom stereocenters. The van der Waals surface area contributed by atoms with Crippen LogP contribution in [0.5, 0.6) is 0 Å². The molecule has 1 aromatic heterocycles. The first-order valence-corrected chi connectivity index (χ1v) is 11.5. The Bertz CT molecular complexity index is 1040. The SMILES string of the molecule is Cc1ccc(CN(C)C(=O)c2ccc(NC(=O)C[C@@H]3SC(N4CCCC4)=NC3=O)cc2)o1. The van der Waals surface area contributed by atoms with E-state index in [-0.39, 0.29) is 24.1 Å². The smallest absolute Gasteiger partial charge is 0.262 e. The highest BCUT2D eigenvalue weighted by atomic mass is 32.2. The number of aryl methyl sites for hydroxylation is 1. The summed E-state index contributed by atoms with van der Waals surface area (Å²) in [4.78, 5) is 45.1. The van der Waals surface area contributed by atoms with E-state index in [0.29, 0.717) is 17.8 Å². The zero-order valence-corrected chi connectivity index (χ0v) is 19.0. The van der Waals surface area contributed by atoms with E-state index in [1.54, 1.807) is 36.2 Å². The van der Waals surface area contributed by atoms with Gasteiger partial charge >= 0.3 is 0 Å². The molecule has 4 rings (SSSR count). The van der Waals surface area contributed by atoms with Crippen LogP contribution in [0.25, 0.3) is 0 Å². The number of hydrogen-bond acceptors (Lipinski definition) is 6. The molecule has 1 fully saturated rings. The zero-order chi connectivity index (χ0) is 22.7. The Kier molecular flexibility index (Phi) is 6.64. The maximum absolute atomic E-state index is 12.6. The molecule has 9 heteroatoms. The van der Waals surface area contributed by atoms with Crippen molar-refractivity contribution < 1.29 is 18.8 Å². The molecule has 32 heavy (non-hydrogen) atoms. The fourth-order valence-corrected chi connectivity index (χ4v) is 4.84. The van der Waals surface area contributed by atoms with Gasteiger partial charge in [-0.3, -0.25) is 14.4 Å². The topological polar surface area (TPSA) is 95.2 Å². The van der Waals surface area contributed by atoms with Gasteiger partial charge in [-0.25, -0.2) is 0 Å². The molecule has 0 aliphatic carbocycles. The Hall–Kier alpha value is -3.07. The fraction of sp³-hybridized carbons (Fsp3) is 0.391. The van der Waals surface area contributed by atoms with Gasteiger partial charge < -0.3 is 19.5 Å². The minimum Gasteiger partial charge on any atom is -0.464 e. The maximum Gasteiger partial charge on any atom is 0.262 e. The van der Waals surface area contributed by atoms with Crippen molar-refractivity contribution in [2.75, 3.05) is 25.5 Å². The zero-order valence-electron chi connectivity index (χ0n) is 18.2. The summed E-state index contributed by atoms with van der Waals surface area (Å²) in [5, 5.41) is 3.06. The molecule has 1 N–H and O–H groups in total. The summed E-state index contributed by atoms with van der Waals surface area (Å²) in [5.41, 5.74) is 1.09. The predicted molar refractivity (Wildman–Crippen MR) is 124 cm³/mol. The number of carbonyl (C=O) groups is 3.